The van der Waals surface area contributed by atoms with Crippen molar-refractivity contribution in [3.05, 3.63) is 24.0 Å². The van der Waals surface area contributed by atoms with Gasteiger partial charge in [-0.25, -0.2) is 9.18 Å². The fraction of sp³-hybridized carbons (Fsp3) is 0.529. The van der Waals surface area contributed by atoms with Crippen molar-refractivity contribution < 1.29 is 13.9 Å². The number of carbonyl (C=O) groups is 1. The highest BCUT2D eigenvalue weighted by Gasteiger charge is 2.47. The van der Waals surface area contributed by atoms with Crippen molar-refractivity contribution in [2.45, 2.75) is 44.9 Å². The molecule has 2 aliphatic heterocycles. The highest BCUT2D eigenvalue weighted by molar-refractivity contribution is 5.90. The maximum Gasteiger partial charge on any atom is 0.410 e. The quantitative estimate of drug-likeness (QED) is 0.872. The number of halogens is 1. The number of hydrogen-bond acceptors (Lipinski definition) is 4. The lowest BCUT2D eigenvalue weighted by molar-refractivity contribution is 0.0214. The number of ether oxygens (including phenoxy) is 1. The van der Waals surface area contributed by atoms with Crippen LogP contribution in [0.4, 0.5) is 15.0 Å². The van der Waals surface area contributed by atoms with Gasteiger partial charge < -0.3 is 14.5 Å². The minimum Gasteiger partial charge on any atom is -0.444 e. The van der Waals surface area contributed by atoms with E-state index in [1.54, 1.807) is 6.07 Å². The maximum atomic E-state index is 13.3. The summed E-state index contributed by atoms with van der Waals surface area (Å²) in [6.07, 6.45) is 0.665. The maximum absolute atomic E-state index is 13.3. The molecular weight excluding hydrogens is 311 g/mol. The summed E-state index contributed by atoms with van der Waals surface area (Å²) in [6, 6.07) is 5.01. The van der Waals surface area contributed by atoms with Gasteiger partial charge in [-0.05, 0) is 45.4 Å². The van der Waals surface area contributed by atoms with E-state index in [2.05, 4.69) is 15.1 Å². The van der Waals surface area contributed by atoms with Crippen molar-refractivity contribution in [1.82, 2.24) is 15.1 Å². The molecule has 2 aromatic rings. The molecule has 7 heteroatoms. The number of amides is 1. The second kappa shape index (κ2) is 5.09. The predicted molar refractivity (Wildman–Crippen MR) is 88.5 cm³/mol. The normalized spacial score (nSPS) is 23.3. The standard InChI is InChI=1S/C17H21FN4O2/c1-17(2,3)24-16(23)22-9-11-7-12(22)8-21(11)15-13-5-4-10(18)6-14(13)19-20-15/h4-6,11-12H,7-9H2,1-3H3,(H,19,20). The van der Waals surface area contributed by atoms with Crippen LogP contribution in [-0.4, -0.2) is 52.0 Å². The summed E-state index contributed by atoms with van der Waals surface area (Å²) in [5.41, 5.74) is 0.206. The molecular formula is C17H21FN4O2. The van der Waals surface area contributed by atoms with Crippen LogP contribution in [0.2, 0.25) is 0 Å². The van der Waals surface area contributed by atoms with Crippen LogP contribution in [-0.2, 0) is 4.74 Å². The van der Waals surface area contributed by atoms with Gasteiger partial charge in [-0.2, -0.15) is 5.10 Å². The molecule has 0 spiro atoms. The van der Waals surface area contributed by atoms with Crippen LogP contribution < -0.4 is 4.90 Å². The molecule has 1 N–H and O–H groups in total. The van der Waals surface area contributed by atoms with Gasteiger partial charge in [-0.3, -0.25) is 5.10 Å². The van der Waals surface area contributed by atoms with E-state index in [4.69, 9.17) is 4.74 Å². The van der Waals surface area contributed by atoms with E-state index in [-0.39, 0.29) is 24.0 Å². The Hall–Kier alpha value is -2.31. The van der Waals surface area contributed by atoms with E-state index < -0.39 is 5.60 Å². The van der Waals surface area contributed by atoms with Gasteiger partial charge in [0.05, 0.1) is 17.6 Å². The van der Waals surface area contributed by atoms with Crippen molar-refractivity contribution in [3.8, 4) is 0 Å². The largest absolute Gasteiger partial charge is 0.444 e. The Morgan fingerprint density at radius 3 is 2.79 bits per heavy atom. The fourth-order valence-electron chi connectivity index (χ4n) is 3.67. The first kappa shape index (κ1) is 15.2. The van der Waals surface area contributed by atoms with Gasteiger partial charge in [0, 0.05) is 18.5 Å². The molecule has 2 bridgehead atoms. The number of aromatic nitrogens is 2. The number of benzene rings is 1. The molecule has 6 nitrogen and oxygen atoms in total. The molecule has 1 aromatic carbocycles. The Morgan fingerprint density at radius 2 is 2.12 bits per heavy atom. The van der Waals surface area contributed by atoms with E-state index in [1.807, 2.05) is 25.7 Å². The first-order valence-electron chi connectivity index (χ1n) is 8.22. The topological polar surface area (TPSA) is 61.5 Å². The average Bonchev–Trinajstić information content (AvgIpc) is 3.17. The number of likely N-dealkylation sites (tertiary alicyclic amines) is 1. The van der Waals surface area contributed by atoms with Crippen molar-refractivity contribution in [2.24, 2.45) is 0 Å². The van der Waals surface area contributed by atoms with Crippen molar-refractivity contribution in [2.75, 3.05) is 18.0 Å². The third kappa shape index (κ3) is 2.48. The summed E-state index contributed by atoms with van der Waals surface area (Å²) in [5.74, 6) is 0.554. The number of rotatable bonds is 1. The lowest BCUT2D eigenvalue weighted by Crippen LogP contribution is -2.50. The SMILES string of the molecule is CC(C)(C)OC(=O)N1CC2CC1CN2c1n[nH]c2cc(F)ccc12. The van der Waals surface area contributed by atoms with Gasteiger partial charge in [0.2, 0.25) is 0 Å². The van der Waals surface area contributed by atoms with E-state index in [1.165, 1.54) is 12.1 Å². The highest BCUT2D eigenvalue weighted by atomic mass is 19.1. The second-order valence-electron chi connectivity index (χ2n) is 7.57. The molecule has 1 amide bonds. The number of fused-ring (bicyclic) bond motifs is 3. The van der Waals surface area contributed by atoms with E-state index in [9.17, 15) is 9.18 Å². The van der Waals surface area contributed by atoms with Crippen LogP contribution in [0.3, 0.4) is 0 Å². The van der Waals surface area contributed by atoms with Gasteiger partial charge in [0.1, 0.15) is 11.4 Å². The Morgan fingerprint density at radius 1 is 1.33 bits per heavy atom. The lowest BCUT2D eigenvalue weighted by atomic mass is 10.2. The van der Waals surface area contributed by atoms with Gasteiger partial charge in [-0.1, -0.05) is 0 Å². The zero-order valence-corrected chi connectivity index (χ0v) is 14.0. The number of H-pyrrole nitrogens is 1. The Balaban J connectivity index is 1.53. The number of aromatic amines is 1. The molecule has 128 valence electrons. The minimum absolute atomic E-state index is 0.136. The van der Waals surface area contributed by atoms with E-state index in [0.29, 0.717) is 12.1 Å². The van der Waals surface area contributed by atoms with Crippen LogP contribution in [0.25, 0.3) is 10.9 Å². The molecule has 2 unspecified atom stereocenters. The molecule has 2 fully saturated rings. The van der Waals surface area contributed by atoms with Crippen LogP contribution in [0.15, 0.2) is 18.2 Å². The fourth-order valence-corrected chi connectivity index (χ4v) is 3.67. The highest BCUT2D eigenvalue weighted by Crippen LogP contribution is 2.37. The van der Waals surface area contributed by atoms with Gasteiger partial charge in [0.15, 0.2) is 5.82 Å². The van der Waals surface area contributed by atoms with E-state index in [0.717, 1.165) is 24.2 Å². The smallest absolute Gasteiger partial charge is 0.410 e. The number of carbonyl (C=O) groups excluding carboxylic acids is 1. The molecule has 24 heavy (non-hydrogen) atoms. The molecule has 1 aromatic heterocycles. The number of piperazine rings is 1. The summed E-state index contributed by atoms with van der Waals surface area (Å²) in [5, 5.41) is 8.17. The lowest BCUT2D eigenvalue weighted by Gasteiger charge is -2.35. The summed E-state index contributed by atoms with van der Waals surface area (Å²) in [6.45, 7) is 6.98. The third-order valence-electron chi connectivity index (χ3n) is 4.65. The molecule has 0 saturated carbocycles. The zero-order valence-electron chi connectivity index (χ0n) is 14.0. The van der Waals surface area contributed by atoms with Gasteiger partial charge in [-0.15, -0.1) is 0 Å². The Labute approximate surface area is 139 Å². The zero-order chi connectivity index (χ0) is 17.1. The third-order valence-corrected chi connectivity index (χ3v) is 4.65. The van der Waals surface area contributed by atoms with Gasteiger partial charge in [0.25, 0.3) is 0 Å². The molecule has 0 radical (unpaired) electrons. The monoisotopic (exact) mass is 332 g/mol. The average molecular weight is 332 g/mol. The van der Waals surface area contributed by atoms with Crippen molar-refractivity contribution >= 4 is 22.8 Å². The Bertz CT molecular complexity index is 797. The minimum atomic E-state index is -0.485. The number of nitrogens with zero attached hydrogens (tertiary/aromatic N) is 3. The van der Waals surface area contributed by atoms with Crippen LogP contribution in [0, 0.1) is 5.82 Å². The molecule has 2 aliphatic rings. The van der Waals surface area contributed by atoms with Crippen molar-refractivity contribution in [3.63, 3.8) is 0 Å². The summed E-state index contributed by atoms with van der Waals surface area (Å²) < 4.78 is 18.8. The first-order valence-corrected chi connectivity index (χ1v) is 8.22. The summed E-state index contributed by atoms with van der Waals surface area (Å²) >= 11 is 0. The Kier molecular flexibility index (Phi) is 3.23. The summed E-state index contributed by atoms with van der Waals surface area (Å²) in [4.78, 5) is 16.3. The number of hydrogen-bond donors (Lipinski definition) is 1. The second-order valence-corrected chi connectivity index (χ2v) is 7.57. The molecule has 4 rings (SSSR count). The molecule has 2 saturated heterocycles. The van der Waals surface area contributed by atoms with E-state index >= 15 is 0 Å². The molecule has 2 atom stereocenters. The first-order chi connectivity index (χ1) is 11.3. The van der Waals surface area contributed by atoms with Gasteiger partial charge >= 0.3 is 6.09 Å². The van der Waals surface area contributed by atoms with Crippen LogP contribution >= 0.6 is 0 Å². The number of nitrogens with one attached hydrogen (secondary N) is 1. The van der Waals surface area contributed by atoms with Crippen LogP contribution in [0.5, 0.6) is 0 Å². The predicted octanol–water partition coefficient (Wildman–Crippen LogP) is 2.90. The van der Waals surface area contributed by atoms with Crippen molar-refractivity contribution in [1.29, 1.82) is 0 Å². The van der Waals surface area contributed by atoms with Crippen LogP contribution in [0.1, 0.15) is 27.2 Å². The molecule has 0 aliphatic carbocycles. The number of anilines is 1. The molecule has 3 heterocycles. The summed E-state index contributed by atoms with van der Waals surface area (Å²) in [7, 11) is 0.